The third-order valence-corrected chi connectivity index (χ3v) is 5.14. The molecule has 1 saturated heterocycles. The number of amides is 3. The molecular formula is C22H27FN4O2. The van der Waals surface area contributed by atoms with Crippen LogP contribution >= 0.6 is 0 Å². The van der Waals surface area contributed by atoms with Gasteiger partial charge in [-0.15, -0.1) is 0 Å². The van der Waals surface area contributed by atoms with Crippen LogP contribution in [0.3, 0.4) is 0 Å². The molecule has 29 heavy (non-hydrogen) atoms. The first kappa shape index (κ1) is 20.8. The number of aryl methyl sites for hydroxylation is 2. The van der Waals surface area contributed by atoms with Crippen LogP contribution in [-0.2, 0) is 4.79 Å². The number of halogens is 1. The van der Waals surface area contributed by atoms with Crippen LogP contribution in [0.2, 0.25) is 0 Å². The molecule has 0 atom stereocenters. The van der Waals surface area contributed by atoms with E-state index in [4.69, 9.17) is 0 Å². The standard InChI is InChI=1S/C22H27FN4O2/c1-15-4-3-5-16(2)21(15)26-20(28)14-27-12-10-19(11-13-27)25-22(29)24-18-8-6-17(23)7-9-18/h3-9,19H,10-14H2,1-2H3,(H,26,28)(H2,24,25,29). The number of likely N-dealkylation sites (tertiary alicyclic amines) is 1. The first-order chi connectivity index (χ1) is 13.9. The van der Waals surface area contributed by atoms with Crippen LogP contribution in [0.4, 0.5) is 20.6 Å². The maximum Gasteiger partial charge on any atom is 0.319 e. The molecule has 3 amide bonds. The summed E-state index contributed by atoms with van der Waals surface area (Å²) in [6, 6.07) is 11.3. The number of nitrogens with zero attached hydrogens (tertiary/aromatic N) is 1. The average molecular weight is 398 g/mol. The molecule has 0 aliphatic carbocycles. The highest BCUT2D eigenvalue weighted by atomic mass is 19.1. The number of carbonyl (C=O) groups is 2. The molecule has 1 aliphatic heterocycles. The lowest BCUT2D eigenvalue weighted by molar-refractivity contribution is -0.117. The van der Waals surface area contributed by atoms with E-state index in [1.165, 1.54) is 24.3 Å². The van der Waals surface area contributed by atoms with Gasteiger partial charge in [-0.3, -0.25) is 9.69 Å². The summed E-state index contributed by atoms with van der Waals surface area (Å²) in [6.07, 6.45) is 1.54. The van der Waals surface area contributed by atoms with E-state index in [0.717, 1.165) is 42.7 Å². The van der Waals surface area contributed by atoms with Crippen LogP contribution < -0.4 is 16.0 Å². The Kier molecular flexibility index (Phi) is 6.82. The van der Waals surface area contributed by atoms with E-state index in [0.29, 0.717) is 12.2 Å². The lowest BCUT2D eigenvalue weighted by Crippen LogP contribution is -2.47. The number of anilines is 2. The molecule has 1 heterocycles. The molecule has 2 aromatic carbocycles. The Labute approximate surface area is 170 Å². The van der Waals surface area contributed by atoms with Gasteiger partial charge < -0.3 is 16.0 Å². The minimum atomic E-state index is -0.343. The first-order valence-corrected chi connectivity index (χ1v) is 9.82. The number of hydrogen-bond donors (Lipinski definition) is 3. The van der Waals surface area contributed by atoms with Crippen LogP contribution in [0.15, 0.2) is 42.5 Å². The summed E-state index contributed by atoms with van der Waals surface area (Å²) in [5.41, 5.74) is 3.53. The third kappa shape index (κ3) is 6.02. The largest absolute Gasteiger partial charge is 0.335 e. The summed E-state index contributed by atoms with van der Waals surface area (Å²) in [5, 5.41) is 8.66. The van der Waals surface area contributed by atoms with Gasteiger partial charge in [-0.1, -0.05) is 18.2 Å². The Balaban J connectivity index is 1.41. The molecule has 154 valence electrons. The summed E-state index contributed by atoms with van der Waals surface area (Å²) in [5.74, 6) is -0.368. The van der Waals surface area contributed by atoms with E-state index < -0.39 is 0 Å². The topological polar surface area (TPSA) is 73.5 Å². The molecule has 3 rings (SSSR count). The van der Waals surface area contributed by atoms with Crippen molar-refractivity contribution in [1.82, 2.24) is 10.2 Å². The summed E-state index contributed by atoms with van der Waals surface area (Å²) < 4.78 is 12.9. The lowest BCUT2D eigenvalue weighted by atomic mass is 10.1. The summed E-state index contributed by atoms with van der Waals surface area (Å²) in [7, 11) is 0. The van der Waals surface area contributed by atoms with Gasteiger partial charge in [0.15, 0.2) is 0 Å². The maximum absolute atomic E-state index is 12.9. The molecule has 1 fully saturated rings. The van der Waals surface area contributed by atoms with E-state index >= 15 is 0 Å². The van der Waals surface area contributed by atoms with Gasteiger partial charge in [-0.05, 0) is 62.1 Å². The van der Waals surface area contributed by atoms with Gasteiger partial charge in [0.25, 0.3) is 0 Å². The highest BCUT2D eigenvalue weighted by Gasteiger charge is 2.22. The Morgan fingerprint density at radius 3 is 2.24 bits per heavy atom. The van der Waals surface area contributed by atoms with Crippen molar-refractivity contribution in [3.63, 3.8) is 0 Å². The number of carbonyl (C=O) groups excluding carboxylic acids is 2. The fraction of sp³-hybridized carbons (Fsp3) is 0.364. The third-order valence-electron chi connectivity index (χ3n) is 5.14. The van der Waals surface area contributed by atoms with Gasteiger partial charge in [0.2, 0.25) is 5.91 Å². The fourth-order valence-corrected chi connectivity index (χ4v) is 3.51. The van der Waals surface area contributed by atoms with Gasteiger partial charge >= 0.3 is 6.03 Å². The van der Waals surface area contributed by atoms with Crippen LogP contribution in [0.25, 0.3) is 0 Å². The monoisotopic (exact) mass is 398 g/mol. The molecule has 2 aromatic rings. The first-order valence-electron chi connectivity index (χ1n) is 9.82. The Morgan fingerprint density at radius 1 is 1.00 bits per heavy atom. The maximum atomic E-state index is 12.9. The van der Waals surface area contributed by atoms with Crippen molar-refractivity contribution in [1.29, 1.82) is 0 Å². The van der Waals surface area contributed by atoms with Gasteiger partial charge in [-0.2, -0.15) is 0 Å². The smallest absolute Gasteiger partial charge is 0.319 e. The zero-order valence-electron chi connectivity index (χ0n) is 16.8. The minimum absolute atomic E-state index is 0.0251. The zero-order valence-corrected chi connectivity index (χ0v) is 16.8. The Hall–Kier alpha value is -2.93. The van der Waals surface area contributed by atoms with Crippen LogP contribution in [0, 0.1) is 19.7 Å². The second-order valence-corrected chi connectivity index (χ2v) is 7.47. The Morgan fingerprint density at radius 2 is 1.62 bits per heavy atom. The van der Waals surface area contributed by atoms with Crippen molar-refractivity contribution in [2.24, 2.45) is 0 Å². The zero-order chi connectivity index (χ0) is 20.8. The van der Waals surface area contributed by atoms with Gasteiger partial charge in [0.05, 0.1) is 6.54 Å². The van der Waals surface area contributed by atoms with Crippen molar-refractivity contribution < 1.29 is 14.0 Å². The molecule has 0 unspecified atom stereocenters. The number of piperidine rings is 1. The number of rotatable bonds is 5. The number of hydrogen-bond acceptors (Lipinski definition) is 3. The van der Waals surface area contributed by atoms with E-state index in [1.54, 1.807) is 0 Å². The van der Waals surface area contributed by atoms with Crippen molar-refractivity contribution in [3.05, 3.63) is 59.4 Å². The van der Waals surface area contributed by atoms with Gasteiger partial charge in [0.1, 0.15) is 5.82 Å². The van der Waals surface area contributed by atoms with Crippen LogP contribution in [0.5, 0.6) is 0 Å². The second-order valence-electron chi connectivity index (χ2n) is 7.47. The summed E-state index contributed by atoms with van der Waals surface area (Å²) in [4.78, 5) is 26.6. The normalized spacial score (nSPS) is 15.0. The summed E-state index contributed by atoms with van der Waals surface area (Å²) in [6.45, 7) is 5.78. The molecule has 3 N–H and O–H groups in total. The fourth-order valence-electron chi connectivity index (χ4n) is 3.51. The molecule has 1 aliphatic rings. The van der Waals surface area contributed by atoms with Crippen LogP contribution in [0.1, 0.15) is 24.0 Å². The molecular weight excluding hydrogens is 371 g/mol. The second kappa shape index (κ2) is 9.52. The molecule has 0 bridgehead atoms. The summed E-state index contributed by atoms with van der Waals surface area (Å²) >= 11 is 0. The molecule has 0 radical (unpaired) electrons. The van der Waals surface area contributed by atoms with E-state index in [9.17, 15) is 14.0 Å². The number of nitrogens with one attached hydrogen (secondary N) is 3. The van der Waals surface area contributed by atoms with E-state index in [-0.39, 0.29) is 23.8 Å². The lowest BCUT2D eigenvalue weighted by Gasteiger charge is -2.32. The van der Waals surface area contributed by atoms with E-state index in [1.807, 2.05) is 32.0 Å². The van der Waals surface area contributed by atoms with Gasteiger partial charge in [0, 0.05) is 30.5 Å². The molecule has 0 aromatic heterocycles. The number of urea groups is 1. The quantitative estimate of drug-likeness (QED) is 0.720. The molecule has 7 heteroatoms. The predicted octanol–water partition coefficient (Wildman–Crippen LogP) is 3.67. The van der Waals surface area contributed by atoms with Gasteiger partial charge in [-0.25, -0.2) is 9.18 Å². The van der Waals surface area contributed by atoms with E-state index in [2.05, 4.69) is 20.9 Å². The highest BCUT2D eigenvalue weighted by molar-refractivity contribution is 5.93. The van der Waals surface area contributed by atoms with Crippen molar-refractivity contribution in [2.45, 2.75) is 32.7 Å². The molecule has 0 spiro atoms. The highest BCUT2D eigenvalue weighted by Crippen LogP contribution is 2.19. The Bertz CT molecular complexity index is 841. The minimum Gasteiger partial charge on any atom is -0.335 e. The molecule has 6 nitrogen and oxygen atoms in total. The SMILES string of the molecule is Cc1cccc(C)c1NC(=O)CN1CCC(NC(=O)Nc2ccc(F)cc2)CC1. The van der Waals surface area contributed by atoms with Crippen molar-refractivity contribution in [3.8, 4) is 0 Å². The number of para-hydroxylation sites is 1. The van der Waals surface area contributed by atoms with Crippen LogP contribution in [-0.4, -0.2) is 42.5 Å². The number of benzene rings is 2. The predicted molar refractivity (Wildman–Crippen MR) is 113 cm³/mol. The van der Waals surface area contributed by atoms with Crippen molar-refractivity contribution >= 4 is 23.3 Å². The average Bonchev–Trinajstić information content (AvgIpc) is 2.68. The van der Waals surface area contributed by atoms with Crippen molar-refractivity contribution in [2.75, 3.05) is 30.3 Å². The molecule has 0 saturated carbocycles.